The van der Waals surface area contributed by atoms with E-state index in [4.69, 9.17) is 4.74 Å². The van der Waals surface area contributed by atoms with E-state index in [1.54, 1.807) is 0 Å². The molecule has 214 valence electrons. The molecule has 41 heavy (non-hydrogen) atoms. The number of fused-ring (bicyclic) bond motifs is 3. The molecule has 0 aromatic heterocycles. The zero-order valence-electron chi connectivity index (χ0n) is 23.3. The van der Waals surface area contributed by atoms with Crippen molar-refractivity contribution in [3.63, 3.8) is 0 Å². The zero-order chi connectivity index (χ0) is 28.8. The summed E-state index contributed by atoms with van der Waals surface area (Å²) in [4.78, 5) is 40.3. The van der Waals surface area contributed by atoms with E-state index in [0.29, 0.717) is 25.9 Å². The van der Waals surface area contributed by atoms with Gasteiger partial charge in [-0.05, 0) is 40.7 Å². The summed E-state index contributed by atoms with van der Waals surface area (Å²) in [5, 5.41) is 15.7. The van der Waals surface area contributed by atoms with Gasteiger partial charge in [-0.25, -0.2) is 9.59 Å². The molecule has 1 aliphatic carbocycles. The first-order chi connectivity index (χ1) is 19.9. The number of carbonyl (C=O) groups is 3. The molecule has 2 amide bonds. The van der Waals surface area contributed by atoms with Crippen LogP contribution in [-0.2, 0) is 20.9 Å². The number of aliphatic carboxylic acids is 1. The third-order valence-corrected chi connectivity index (χ3v) is 8.12. The van der Waals surface area contributed by atoms with Gasteiger partial charge >= 0.3 is 12.1 Å². The average Bonchev–Trinajstić information content (AvgIpc) is 3.52. The van der Waals surface area contributed by atoms with Crippen LogP contribution in [0.25, 0.3) is 11.1 Å². The minimum absolute atomic E-state index is 0.0221. The second-order valence-corrected chi connectivity index (χ2v) is 11.0. The lowest BCUT2D eigenvalue weighted by Gasteiger charge is -2.27. The van der Waals surface area contributed by atoms with Gasteiger partial charge in [-0.1, -0.05) is 92.2 Å². The monoisotopic (exact) mass is 555 g/mol. The van der Waals surface area contributed by atoms with E-state index in [2.05, 4.69) is 34.9 Å². The Labute approximate surface area is 240 Å². The van der Waals surface area contributed by atoms with Crippen molar-refractivity contribution in [2.24, 2.45) is 0 Å². The van der Waals surface area contributed by atoms with Crippen LogP contribution in [0.1, 0.15) is 55.2 Å². The molecule has 1 unspecified atom stereocenters. The highest BCUT2D eigenvalue weighted by atomic mass is 16.5. The lowest BCUT2D eigenvalue weighted by Crippen LogP contribution is -2.57. The first kappa shape index (κ1) is 28.4. The molecule has 2 atom stereocenters. The zero-order valence-corrected chi connectivity index (χ0v) is 23.3. The maximum absolute atomic E-state index is 13.1. The van der Waals surface area contributed by atoms with Crippen LogP contribution < -0.4 is 10.6 Å². The van der Waals surface area contributed by atoms with Gasteiger partial charge in [0.25, 0.3) is 0 Å². The maximum Gasteiger partial charge on any atom is 0.407 e. The molecule has 0 radical (unpaired) electrons. The van der Waals surface area contributed by atoms with Gasteiger partial charge in [-0.15, -0.1) is 0 Å². The van der Waals surface area contributed by atoms with Crippen LogP contribution in [0.5, 0.6) is 0 Å². The van der Waals surface area contributed by atoms with E-state index in [0.717, 1.165) is 34.2 Å². The number of carbonyl (C=O) groups excluding carboxylic acids is 2. The molecule has 2 aliphatic rings. The number of ether oxygens (including phenoxy) is 1. The van der Waals surface area contributed by atoms with Crippen LogP contribution in [0.15, 0.2) is 78.9 Å². The van der Waals surface area contributed by atoms with Crippen LogP contribution in [0.3, 0.4) is 0 Å². The fraction of sp³-hybridized carbons (Fsp3) is 0.364. The third kappa shape index (κ3) is 6.43. The smallest absolute Gasteiger partial charge is 0.407 e. The van der Waals surface area contributed by atoms with Crippen molar-refractivity contribution < 1.29 is 24.2 Å². The molecule has 1 fully saturated rings. The number of carboxylic acid groups (broad SMARTS) is 1. The van der Waals surface area contributed by atoms with Crippen molar-refractivity contribution in [2.75, 3.05) is 19.7 Å². The fourth-order valence-corrected chi connectivity index (χ4v) is 6.12. The van der Waals surface area contributed by atoms with Gasteiger partial charge in [0.2, 0.25) is 5.91 Å². The highest BCUT2D eigenvalue weighted by Gasteiger charge is 2.46. The normalized spacial score (nSPS) is 18.8. The summed E-state index contributed by atoms with van der Waals surface area (Å²) in [6.45, 7) is 3.57. The van der Waals surface area contributed by atoms with Crippen molar-refractivity contribution in [1.29, 1.82) is 0 Å². The van der Waals surface area contributed by atoms with Gasteiger partial charge in [0, 0.05) is 38.0 Å². The van der Waals surface area contributed by atoms with Gasteiger partial charge in [-0.2, -0.15) is 0 Å². The minimum atomic E-state index is -1.35. The van der Waals surface area contributed by atoms with E-state index in [-0.39, 0.29) is 25.5 Å². The topological polar surface area (TPSA) is 108 Å². The Bertz CT molecular complexity index is 1350. The van der Waals surface area contributed by atoms with Crippen LogP contribution >= 0.6 is 0 Å². The number of rotatable bonds is 11. The van der Waals surface area contributed by atoms with Crippen molar-refractivity contribution >= 4 is 18.0 Å². The molecule has 8 nitrogen and oxygen atoms in total. The Kier molecular flexibility index (Phi) is 8.69. The first-order valence-electron chi connectivity index (χ1n) is 14.3. The number of nitrogens with one attached hydrogen (secondary N) is 2. The second-order valence-electron chi connectivity index (χ2n) is 11.0. The van der Waals surface area contributed by atoms with Crippen molar-refractivity contribution in [3.05, 3.63) is 95.6 Å². The summed E-state index contributed by atoms with van der Waals surface area (Å²) in [6.07, 6.45) is 1.03. The average molecular weight is 556 g/mol. The van der Waals surface area contributed by atoms with E-state index in [1.807, 2.05) is 66.4 Å². The summed E-state index contributed by atoms with van der Waals surface area (Å²) in [5.74, 6) is -1.50. The molecule has 0 bridgehead atoms. The number of hydrogen-bond donors (Lipinski definition) is 3. The largest absolute Gasteiger partial charge is 0.479 e. The number of nitrogens with zero attached hydrogens (tertiary/aromatic N) is 1. The lowest BCUT2D eigenvalue weighted by molar-refractivity contribution is -0.147. The number of likely N-dealkylation sites (tertiary alicyclic amines) is 1. The molecular weight excluding hydrogens is 518 g/mol. The molecule has 3 N–H and O–H groups in total. The Hall–Kier alpha value is -4.17. The molecule has 1 heterocycles. The number of amides is 2. The van der Waals surface area contributed by atoms with Crippen molar-refractivity contribution in [1.82, 2.24) is 15.5 Å². The molecule has 3 aromatic carbocycles. The van der Waals surface area contributed by atoms with E-state index < -0.39 is 29.6 Å². The van der Waals surface area contributed by atoms with Gasteiger partial charge in [0.1, 0.15) is 6.61 Å². The number of benzene rings is 3. The SMILES string of the molecule is CCC[C@H](CC(=O)NC1(C(=O)O)CCN(Cc2ccccc2)C1)NC(=O)OCC1c2ccccc2-c2ccccc21. The summed E-state index contributed by atoms with van der Waals surface area (Å²) in [7, 11) is 0. The minimum Gasteiger partial charge on any atom is -0.479 e. The predicted octanol–water partition coefficient (Wildman–Crippen LogP) is 4.93. The van der Waals surface area contributed by atoms with E-state index in [9.17, 15) is 19.5 Å². The van der Waals surface area contributed by atoms with Crippen molar-refractivity contribution in [3.8, 4) is 11.1 Å². The molecular formula is C33H37N3O5. The lowest BCUT2D eigenvalue weighted by atomic mass is 9.97. The highest BCUT2D eigenvalue weighted by Crippen LogP contribution is 2.44. The Morgan fingerprint density at radius 3 is 2.24 bits per heavy atom. The second kappa shape index (κ2) is 12.6. The molecule has 0 saturated carbocycles. The van der Waals surface area contributed by atoms with Gasteiger partial charge in [-0.3, -0.25) is 9.69 Å². The van der Waals surface area contributed by atoms with Crippen LogP contribution in [0, 0.1) is 0 Å². The van der Waals surface area contributed by atoms with Gasteiger partial charge < -0.3 is 20.5 Å². The summed E-state index contributed by atoms with van der Waals surface area (Å²) in [5.41, 5.74) is 4.30. The standard InChI is InChI=1S/C33H37N3O5/c1-2-10-24(19-30(37)35-33(31(38)39)17-18-36(22-33)20-23-11-4-3-5-12-23)34-32(40)41-21-29-27-15-8-6-13-25(27)26-14-7-9-16-28(26)29/h3-9,11-16,24,29H,2,10,17-22H2,1H3,(H,34,40)(H,35,37)(H,38,39)/t24-,33?/m1/s1. The van der Waals surface area contributed by atoms with Crippen LogP contribution in [0.4, 0.5) is 4.79 Å². The van der Waals surface area contributed by atoms with Gasteiger partial charge in [0.05, 0.1) is 0 Å². The molecule has 1 aliphatic heterocycles. The predicted molar refractivity (Wildman–Crippen MR) is 156 cm³/mol. The number of alkyl carbamates (subject to hydrolysis) is 1. The molecule has 0 spiro atoms. The maximum atomic E-state index is 13.1. The van der Waals surface area contributed by atoms with Crippen LogP contribution in [-0.4, -0.2) is 59.3 Å². The summed E-state index contributed by atoms with van der Waals surface area (Å²) in [6, 6.07) is 25.7. The highest BCUT2D eigenvalue weighted by molar-refractivity contribution is 5.88. The summed E-state index contributed by atoms with van der Waals surface area (Å²) >= 11 is 0. The van der Waals surface area contributed by atoms with Gasteiger partial charge in [0.15, 0.2) is 5.54 Å². The third-order valence-electron chi connectivity index (χ3n) is 8.12. The Morgan fingerprint density at radius 1 is 0.976 bits per heavy atom. The quantitative estimate of drug-likeness (QED) is 0.310. The Balaban J connectivity index is 1.17. The molecule has 8 heteroatoms. The van der Waals surface area contributed by atoms with Crippen molar-refractivity contribution in [2.45, 2.75) is 56.7 Å². The fourth-order valence-electron chi connectivity index (χ4n) is 6.12. The molecule has 1 saturated heterocycles. The van der Waals surface area contributed by atoms with E-state index >= 15 is 0 Å². The van der Waals surface area contributed by atoms with Crippen LogP contribution in [0.2, 0.25) is 0 Å². The Morgan fingerprint density at radius 2 is 1.61 bits per heavy atom. The van der Waals surface area contributed by atoms with E-state index in [1.165, 1.54) is 0 Å². The number of hydrogen-bond acceptors (Lipinski definition) is 5. The first-order valence-corrected chi connectivity index (χ1v) is 14.3. The number of carboxylic acids is 1. The summed E-state index contributed by atoms with van der Waals surface area (Å²) < 4.78 is 5.68. The molecule has 3 aromatic rings. The molecule has 5 rings (SSSR count).